The van der Waals surface area contributed by atoms with Crippen LogP contribution in [0, 0.1) is 11.8 Å². The fourth-order valence-corrected chi connectivity index (χ4v) is 2.90. The van der Waals surface area contributed by atoms with Gasteiger partial charge in [-0.3, -0.25) is 9.59 Å². The molecule has 0 unspecified atom stereocenters. The smallest absolute Gasteiger partial charge is 0.356 e. The van der Waals surface area contributed by atoms with Crippen LogP contribution in [0.3, 0.4) is 0 Å². The van der Waals surface area contributed by atoms with Crippen LogP contribution in [0.15, 0.2) is 12.1 Å². The van der Waals surface area contributed by atoms with Gasteiger partial charge in [-0.25, -0.2) is 9.78 Å². The minimum atomic E-state index is -0.672. The molecule has 1 aliphatic heterocycles. The van der Waals surface area contributed by atoms with Crippen LogP contribution in [0.5, 0.6) is 0 Å². The van der Waals surface area contributed by atoms with Crippen molar-refractivity contribution in [1.82, 2.24) is 15.6 Å². The Hall–Kier alpha value is -2.48. The highest BCUT2D eigenvalue weighted by Gasteiger charge is 2.54. The molecule has 2 amide bonds. The van der Waals surface area contributed by atoms with E-state index in [0.717, 1.165) is 0 Å². The number of aromatic nitrogens is 1. The lowest BCUT2D eigenvalue weighted by atomic mass is 10.1. The van der Waals surface area contributed by atoms with E-state index in [2.05, 4.69) is 15.6 Å². The maximum Gasteiger partial charge on any atom is 0.356 e. The normalized spacial score (nSPS) is 24.0. The van der Waals surface area contributed by atoms with Crippen LogP contribution in [-0.4, -0.2) is 55.7 Å². The predicted molar refractivity (Wildman–Crippen MR) is 82.6 cm³/mol. The number of carbonyl (C=O) groups excluding carboxylic acids is 3. The molecule has 0 aromatic carbocycles. The zero-order chi connectivity index (χ0) is 17.3. The first-order valence-electron chi connectivity index (χ1n) is 7.85. The summed E-state index contributed by atoms with van der Waals surface area (Å²) in [5.41, 5.74) is 0.132. The Morgan fingerprint density at radius 1 is 1.21 bits per heavy atom. The number of pyridine rings is 1. The third-order valence-electron chi connectivity index (χ3n) is 4.28. The highest BCUT2D eigenvalue weighted by Crippen LogP contribution is 2.44. The van der Waals surface area contributed by atoms with Gasteiger partial charge in [0.15, 0.2) is 0 Å². The van der Waals surface area contributed by atoms with Gasteiger partial charge in [-0.15, -0.1) is 0 Å². The van der Waals surface area contributed by atoms with E-state index in [1.54, 1.807) is 6.92 Å². The van der Waals surface area contributed by atoms with Gasteiger partial charge in [-0.05, 0) is 19.1 Å². The second kappa shape index (κ2) is 6.56. The number of nitrogens with zero attached hydrogens (tertiary/aromatic N) is 1. The summed E-state index contributed by atoms with van der Waals surface area (Å²) in [6.45, 7) is 3.16. The van der Waals surface area contributed by atoms with Crippen molar-refractivity contribution < 1.29 is 23.9 Å². The fourth-order valence-electron chi connectivity index (χ4n) is 2.90. The molecule has 2 N–H and O–H groups in total. The summed E-state index contributed by atoms with van der Waals surface area (Å²) in [7, 11) is 1.45. The molecular weight excluding hydrogens is 314 g/mol. The second-order valence-electron chi connectivity index (χ2n) is 5.79. The predicted octanol–water partition coefficient (Wildman–Crippen LogP) is -0.00750. The Balaban J connectivity index is 1.82. The number of fused-ring (bicyclic) bond motifs is 1. The van der Waals surface area contributed by atoms with Gasteiger partial charge in [0.05, 0.1) is 19.8 Å². The second-order valence-corrected chi connectivity index (χ2v) is 5.79. The number of amides is 2. The van der Waals surface area contributed by atoms with Crippen molar-refractivity contribution in [2.24, 2.45) is 11.8 Å². The van der Waals surface area contributed by atoms with E-state index in [1.165, 1.54) is 19.2 Å². The number of hydrogen-bond donors (Lipinski definition) is 2. The van der Waals surface area contributed by atoms with Crippen LogP contribution in [0.1, 0.15) is 38.3 Å². The minimum Gasteiger partial charge on any atom is -0.461 e. The number of rotatable bonds is 5. The highest BCUT2D eigenvalue weighted by atomic mass is 16.5. The molecule has 1 saturated heterocycles. The summed E-state index contributed by atoms with van der Waals surface area (Å²) in [5, 5.41) is 5.35. The molecule has 1 aromatic rings. The lowest BCUT2D eigenvalue weighted by molar-refractivity contribution is 0.0519. The molecule has 1 saturated carbocycles. The van der Waals surface area contributed by atoms with Crippen molar-refractivity contribution in [1.29, 1.82) is 0 Å². The van der Waals surface area contributed by atoms with E-state index in [9.17, 15) is 14.4 Å². The topological polar surface area (TPSA) is 107 Å². The molecule has 2 fully saturated rings. The third-order valence-corrected chi connectivity index (χ3v) is 4.28. The molecule has 0 bridgehead atoms. The van der Waals surface area contributed by atoms with E-state index >= 15 is 0 Å². The van der Waals surface area contributed by atoms with E-state index < -0.39 is 11.9 Å². The van der Waals surface area contributed by atoms with Crippen LogP contribution in [-0.2, 0) is 9.47 Å². The van der Waals surface area contributed by atoms with Crippen LogP contribution in [0.25, 0.3) is 0 Å². The molecule has 8 nitrogen and oxygen atoms in total. The first-order chi connectivity index (χ1) is 11.5. The van der Waals surface area contributed by atoms with Crippen LogP contribution >= 0.6 is 0 Å². The van der Waals surface area contributed by atoms with Crippen molar-refractivity contribution >= 4 is 17.8 Å². The molecule has 2 aliphatic rings. The average Bonchev–Trinajstić information content (AvgIpc) is 3.01. The molecule has 0 radical (unpaired) electrons. The highest BCUT2D eigenvalue weighted by molar-refractivity contribution is 6.01. The Morgan fingerprint density at radius 3 is 2.50 bits per heavy atom. The van der Waals surface area contributed by atoms with E-state index in [0.29, 0.717) is 25.0 Å². The van der Waals surface area contributed by atoms with Gasteiger partial charge in [-0.2, -0.15) is 0 Å². The van der Waals surface area contributed by atoms with Crippen molar-refractivity contribution in [3.8, 4) is 0 Å². The summed E-state index contributed by atoms with van der Waals surface area (Å²) in [6, 6.07) is 2.80. The van der Waals surface area contributed by atoms with Crippen LogP contribution in [0.4, 0.5) is 0 Å². The Morgan fingerprint density at radius 2 is 1.88 bits per heavy atom. The molecule has 0 spiro atoms. The van der Waals surface area contributed by atoms with Crippen molar-refractivity contribution in [2.45, 2.75) is 13.0 Å². The summed E-state index contributed by atoms with van der Waals surface area (Å²) >= 11 is 0. The Bertz CT molecular complexity index is 680. The van der Waals surface area contributed by atoms with Gasteiger partial charge >= 0.3 is 5.97 Å². The first kappa shape index (κ1) is 16.4. The maximum absolute atomic E-state index is 12.5. The quantitative estimate of drug-likeness (QED) is 0.734. The lowest BCUT2D eigenvalue weighted by Crippen LogP contribution is -2.31. The summed E-state index contributed by atoms with van der Waals surface area (Å²) in [4.78, 5) is 40.2. The molecular formula is C16H19N3O5. The molecule has 24 heavy (non-hydrogen) atoms. The molecule has 8 heteroatoms. The van der Waals surface area contributed by atoms with Crippen LogP contribution in [0.2, 0.25) is 0 Å². The van der Waals surface area contributed by atoms with Gasteiger partial charge in [0.2, 0.25) is 0 Å². The SMILES string of the molecule is CCOC(=O)c1cc(C(=O)N[C@@H]2[C@@H]3COC[C@@H]32)cc(C(=O)NC)n1. The Labute approximate surface area is 138 Å². The standard InChI is InChI=1S/C16H19N3O5/c1-3-24-16(22)12-5-8(4-11(18-12)15(21)17-2)14(20)19-13-9-6-23-7-10(9)13/h4-5,9-10,13H,3,6-7H2,1-2H3,(H,17,21)(H,19,20)/t9-,10+,13-. The summed E-state index contributed by atoms with van der Waals surface area (Å²) < 4.78 is 10.2. The number of ether oxygens (including phenoxy) is 2. The molecule has 128 valence electrons. The van der Waals surface area contributed by atoms with Crippen molar-refractivity contribution in [2.75, 3.05) is 26.9 Å². The van der Waals surface area contributed by atoms with Gasteiger partial charge < -0.3 is 20.1 Å². The summed E-state index contributed by atoms with van der Waals surface area (Å²) in [5.74, 6) is -0.772. The molecule has 2 heterocycles. The number of hydrogen-bond acceptors (Lipinski definition) is 6. The molecule has 3 rings (SSSR count). The lowest BCUT2D eigenvalue weighted by Gasteiger charge is -2.10. The number of nitrogens with one attached hydrogen (secondary N) is 2. The Kier molecular flexibility index (Phi) is 4.48. The fraction of sp³-hybridized carbons (Fsp3) is 0.500. The molecule has 1 aromatic heterocycles. The summed E-state index contributed by atoms with van der Waals surface area (Å²) in [6.07, 6.45) is 0. The van der Waals surface area contributed by atoms with Gasteiger partial charge in [0.25, 0.3) is 11.8 Å². The van der Waals surface area contributed by atoms with E-state index in [1.807, 2.05) is 0 Å². The number of carbonyl (C=O) groups is 3. The molecule has 3 atom stereocenters. The van der Waals surface area contributed by atoms with E-state index in [-0.39, 0.29) is 35.5 Å². The van der Waals surface area contributed by atoms with Gasteiger partial charge in [0, 0.05) is 30.5 Å². The zero-order valence-electron chi connectivity index (χ0n) is 13.5. The zero-order valence-corrected chi connectivity index (χ0v) is 13.5. The van der Waals surface area contributed by atoms with Crippen molar-refractivity contribution in [3.05, 3.63) is 29.1 Å². The molecule has 1 aliphatic carbocycles. The first-order valence-corrected chi connectivity index (χ1v) is 7.85. The van der Waals surface area contributed by atoms with Gasteiger partial charge in [0.1, 0.15) is 11.4 Å². The average molecular weight is 333 g/mol. The third kappa shape index (κ3) is 3.09. The number of esters is 1. The van der Waals surface area contributed by atoms with Crippen LogP contribution < -0.4 is 10.6 Å². The van der Waals surface area contributed by atoms with Crippen molar-refractivity contribution in [3.63, 3.8) is 0 Å². The maximum atomic E-state index is 12.5. The van der Waals surface area contributed by atoms with Gasteiger partial charge in [-0.1, -0.05) is 0 Å². The minimum absolute atomic E-state index is 0.00692. The monoisotopic (exact) mass is 333 g/mol. The van der Waals surface area contributed by atoms with E-state index in [4.69, 9.17) is 9.47 Å². The largest absolute Gasteiger partial charge is 0.461 e.